The number of oxime groups is 1. The van der Waals surface area contributed by atoms with Crippen LogP contribution in [0.25, 0.3) is 0 Å². The highest BCUT2D eigenvalue weighted by atomic mass is 32.2. The molecule has 2 rings (SSSR count). The second-order valence-corrected chi connectivity index (χ2v) is 7.29. The smallest absolute Gasteiger partial charge is 0.355 e. The average molecular weight is 413 g/mol. The molecule has 2 atom stereocenters. The predicted molar refractivity (Wildman–Crippen MR) is 102 cm³/mol. The van der Waals surface area contributed by atoms with Gasteiger partial charge in [-0.2, -0.15) is 0 Å². The second kappa shape index (κ2) is 8.97. The molecule has 2 aliphatic heterocycles. The fourth-order valence-corrected chi connectivity index (χ4v) is 4.25. The van der Waals surface area contributed by atoms with Crippen LogP contribution in [-0.2, 0) is 19.1 Å². The number of nitrogens with zero attached hydrogens (tertiary/aromatic N) is 2. The number of thioether (sulfide) groups is 2. The van der Waals surface area contributed by atoms with Gasteiger partial charge in [-0.25, -0.2) is 4.79 Å². The lowest BCUT2D eigenvalue weighted by molar-refractivity contribution is -0.151. The molecule has 2 amide bonds. The van der Waals surface area contributed by atoms with E-state index < -0.39 is 34.9 Å². The molecule has 0 aromatic carbocycles. The van der Waals surface area contributed by atoms with E-state index in [2.05, 4.69) is 17.1 Å². The van der Waals surface area contributed by atoms with Crippen LogP contribution in [0.5, 0.6) is 0 Å². The van der Waals surface area contributed by atoms with E-state index in [1.165, 1.54) is 35.3 Å². The highest BCUT2D eigenvalue weighted by Crippen LogP contribution is 2.40. The van der Waals surface area contributed by atoms with Crippen LogP contribution in [0.15, 0.2) is 40.2 Å². The van der Waals surface area contributed by atoms with Crippen LogP contribution in [0.3, 0.4) is 0 Å². The van der Waals surface area contributed by atoms with Crippen molar-refractivity contribution in [3.63, 3.8) is 0 Å². The Kier molecular flexibility index (Phi) is 6.93. The molecule has 6 N–H and O–H groups in total. The maximum absolute atomic E-state index is 12.5. The molecule has 1 fully saturated rings. The summed E-state index contributed by atoms with van der Waals surface area (Å²) in [6, 6.07) is -0.903. The van der Waals surface area contributed by atoms with Gasteiger partial charge in [-0.05, 0) is 11.0 Å². The molecule has 10 nitrogen and oxygen atoms in total. The fourth-order valence-electron chi connectivity index (χ4n) is 2.52. The molecule has 2 aliphatic rings. The summed E-state index contributed by atoms with van der Waals surface area (Å²) in [4.78, 5) is 38.2. The maximum atomic E-state index is 12.5. The molecule has 0 aliphatic carbocycles. The number of hydrogen-bond donors (Lipinski definition) is 4. The molecule has 0 spiro atoms. The topological polar surface area (TPSA) is 160 Å². The van der Waals surface area contributed by atoms with Crippen molar-refractivity contribution in [1.82, 2.24) is 10.2 Å². The zero-order chi connectivity index (χ0) is 20.1. The van der Waals surface area contributed by atoms with Crippen molar-refractivity contribution in [2.75, 3.05) is 18.7 Å². The zero-order valence-electron chi connectivity index (χ0n) is 14.4. The van der Waals surface area contributed by atoms with Crippen LogP contribution in [0.2, 0.25) is 0 Å². The van der Waals surface area contributed by atoms with Gasteiger partial charge >= 0.3 is 5.97 Å². The van der Waals surface area contributed by atoms with Crippen LogP contribution >= 0.6 is 23.5 Å². The lowest BCUT2D eigenvalue weighted by Gasteiger charge is -2.49. The van der Waals surface area contributed by atoms with Gasteiger partial charge in [0, 0.05) is 11.6 Å². The third kappa shape index (κ3) is 3.96. The number of esters is 1. The first-order valence-electron chi connectivity index (χ1n) is 7.60. The number of hydrogen-bond acceptors (Lipinski definition) is 10. The van der Waals surface area contributed by atoms with Crippen LogP contribution < -0.4 is 16.8 Å². The monoisotopic (exact) mass is 413 g/mol. The number of fused-ring (bicyclic) bond motifs is 1. The van der Waals surface area contributed by atoms with E-state index in [4.69, 9.17) is 21.4 Å². The SMILES string of the molecule is C=CC1=C(C(=O)OC)N2C(=O)C(NC(=O)C(=N\O)/C(N)=C/SCN)C2SC1. The molecular formula is C15H19N5O5S2. The second-order valence-electron chi connectivity index (χ2n) is 5.29. The Morgan fingerprint density at radius 3 is 2.85 bits per heavy atom. The van der Waals surface area contributed by atoms with E-state index in [1.54, 1.807) is 0 Å². The Bertz CT molecular complexity index is 764. The summed E-state index contributed by atoms with van der Waals surface area (Å²) in [5.41, 5.74) is 11.2. The van der Waals surface area contributed by atoms with Crippen molar-refractivity contribution in [2.24, 2.45) is 16.6 Å². The third-order valence-corrected chi connectivity index (χ3v) is 5.72. The summed E-state index contributed by atoms with van der Waals surface area (Å²) in [5.74, 6) is -1.32. The van der Waals surface area contributed by atoms with Crippen molar-refractivity contribution in [2.45, 2.75) is 11.4 Å². The van der Waals surface area contributed by atoms with Crippen molar-refractivity contribution in [1.29, 1.82) is 0 Å². The molecule has 27 heavy (non-hydrogen) atoms. The van der Waals surface area contributed by atoms with Gasteiger partial charge in [0.2, 0.25) is 0 Å². The summed E-state index contributed by atoms with van der Waals surface area (Å²) >= 11 is 2.47. The van der Waals surface area contributed by atoms with Crippen molar-refractivity contribution in [3.8, 4) is 0 Å². The number of amides is 2. The van der Waals surface area contributed by atoms with Crippen LogP contribution in [0.4, 0.5) is 0 Å². The number of methoxy groups -OCH3 is 1. The van der Waals surface area contributed by atoms with E-state index in [-0.39, 0.29) is 17.3 Å². The molecule has 2 heterocycles. The number of β-lactam (4-membered cyclic amide) rings is 1. The lowest BCUT2D eigenvalue weighted by atomic mass is 10.0. The molecule has 12 heteroatoms. The molecule has 2 unspecified atom stereocenters. The number of allylic oxidation sites excluding steroid dienone is 1. The average Bonchev–Trinajstić information content (AvgIpc) is 2.68. The number of nitrogens with two attached hydrogens (primary N) is 2. The van der Waals surface area contributed by atoms with Crippen LogP contribution in [0.1, 0.15) is 0 Å². The molecule has 0 aromatic heterocycles. The Morgan fingerprint density at radius 2 is 2.30 bits per heavy atom. The zero-order valence-corrected chi connectivity index (χ0v) is 16.0. The minimum atomic E-state index is -0.903. The Balaban J connectivity index is 2.17. The Hall–Kier alpha value is -2.44. The molecule has 0 radical (unpaired) electrons. The Morgan fingerprint density at radius 1 is 1.59 bits per heavy atom. The van der Waals surface area contributed by atoms with E-state index >= 15 is 0 Å². The van der Waals surface area contributed by atoms with Gasteiger partial charge in [0.15, 0.2) is 5.71 Å². The minimum absolute atomic E-state index is 0.0885. The number of nitrogens with one attached hydrogen (secondary N) is 1. The van der Waals surface area contributed by atoms with Gasteiger partial charge in [0.1, 0.15) is 17.1 Å². The van der Waals surface area contributed by atoms with E-state index in [0.29, 0.717) is 11.3 Å². The summed E-state index contributed by atoms with van der Waals surface area (Å²) in [5, 5.41) is 15.3. The number of rotatable bonds is 7. The normalized spacial score (nSPS) is 22.7. The molecule has 146 valence electrons. The standard InChI is InChI=1S/C15H19N5O5S2/c1-3-7-4-27-14-10(13(22)20(14)11(7)15(23)25-2)18-12(21)9(19-24)8(17)5-26-6-16/h3,5,10,14,24H,1,4,6,16-17H2,2H3,(H,18,21)/b8-5-,19-9-. The van der Waals surface area contributed by atoms with Gasteiger partial charge in [-0.15, -0.1) is 23.5 Å². The fraction of sp³-hybridized carbons (Fsp3) is 0.333. The number of carbonyl (C=O) groups is 3. The summed E-state index contributed by atoms with van der Waals surface area (Å²) in [6.07, 6.45) is 1.49. The lowest BCUT2D eigenvalue weighted by Crippen LogP contribution is -2.71. The highest BCUT2D eigenvalue weighted by molar-refractivity contribution is 8.02. The predicted octanol–water partition coefficient (Wildman–Crippen LogP) is -0.721. The van der Waals surface area contributed by atoms with Crippen molar-refractivity contribution in [3.05, 3.63) is 35.0 Å². The summed E-state index contributed by atoms with van der Waals surface area (Å²) in [7, 11) is 1.22. The number of ether oxygens (including phenoxy) is 1. The maximum Gasteiger partial charge on any atom is 0.355 e. The summed E-state index contributed by atoms with van der Waals surface area (Å²) < 4.78 is 4.74. The first kappa shape index (κ1) is 20.9. The first-order chi connectivity index (χ1) is 12.9. The van der Waals surface area contributed by atoms with Gasteiger partial charge < -0.3 is 26.7 Å². The summed E-state index contributed by atoms with van der Waals surface area (Å²) in [6.45, 7) is 3.64. The van der Waals surface area contributed by atoms with Gasteiger partial charge in [-0.1, -0.05) is 17.8 Å². The van der Waals surface area contributed by atoms with E-state index in [1.807, 2.05) is 0 Å². The van der Waals surface area contributed by atoms with Crippen LogP contribution in [-0.4, -0.2) is 63.8 Å². The molecule has 0 aromatic rings. The minimum Gasteiger partial charge on any atom is -0.464 e. The molecule has 0 bridgehead atoms. The first-order valence-corrected chi connectivity index (χ1v) is 9.70. The van der Waals surface area contributed by atoms with Crippen molar-refractivity contribution >= 4 is 47.0 Å². The molecule has 1 saturated heterocycles. The third-order valence-electron chi connectivity index (χ3n) is 3.80. The highest BCUT2D eigenvalue weighted by Gasteiger charge is 2.54. The van der Waals surface area contributed by atoms with Crippen LogP contribution in [0, 0.1) is 0 Å². The quantitative estimate of drug-likeness (QED) is 0.105. The van der Waals surface area contributed by atoms with Gasteiger partial charge in [0.25, 0.3) is 11.8 Å². The number of carbonyl (C=O) groups excluding carboxylic acids is 3. The Labute approximate surface area is 163 Å². The van der Waals surface area contributed by atoms with Crippen molar-refractivity contribution < 1.29 is 24.3 Å². The van der Waals surface area contributed by atoms with E-state index in [9.17, 15) is 14.4 Å². The van der Waals surface area contributed by atoms with E-state index in [0.717, 1.165) is 11.8 Å². The largest absolute Gasteiger partial charge is 0.464 e. The molecular weight excluding hydrogens is 394 g/mol. The molecule has 0 saturated carbocycles. The van der Waals surface area contributed by atoms with Gasteiger partial charge in [0.05, 0.1) is 12.8 Å². The van der Waals surface area contributed by atoms with Gasteiger partial charge in [-0.3, -0.25) is 14.5 Å².